The van der Waals surface area contributed by atoms with Gasteiger partial charge in [-0.1, -0.05) is 57.9 Å². The monoisotopic (exact) mass is 343 g/mol. The SMILES string of the molecule is C=Cc1[nH]c2cc3c(C)c(C=C)c(/C=C\C)c(C)c3cc2c1C=C.CC. The average molecular weight is 344 g/mol. The van der Waals surface area contributed by atoms with Crippen LogP contribution in [-0.2, 0) is 0 Å². The maximum atomic E-state index is 4.02. The molecule has 2 aromatic carbocycles. The fraction of sp³-hybridized carbons (Fsp3) is 0.200. The quantitative estimate of drug-likeness (QED) is 0.495. The van der Waals surface area contributed by atoms with Crippen LogP contribution in [0.4, 0.5) is 0 Å². The Kier molecular flexibility index (Phi) is 6.05. The van der Waals surface area contributed by atoms with E-state index < -0.39 is 0 Å². The van der Waals surface area contributed by atoms with Gasteiger partial charge in [-0.2, -0.15) is 0 Å². The van der Waals surface area contributed by atoms with Gasteiger partial charge in [-0.05, 0) is 72.0 Å². The summed E-state index contributed by atoms with van der Waals surface area (Å²) in [7, 11) is 0. The largest absolute Gasteiger partial charge is 0.355 e. The number of aromatic amines is 1. The second kappa shape index (κ2) is 8.05. The van der Waals surface area contributed by atoms with Crippen LogP contribution in [0.25, 0.3) is 46.0 Å². The Bertz CT molecular complexity index is 1030. The molecule has 0 amide bonds. The van der Waals surface area contributed by atoms with E-state index in [1.807, 2.05) is 39.0 Å². The first kappa shape index (κ1) is 19.5. The molecule has 3 rings (SSSR count). The third kappa shape index (κ3) is 2.94. The molecule has 0 unspecified atom stereocenters. The fourth-order valence-electron chi connectivity index (χ4n) is 3.62. The molecule has 0 atom stereocenters. The molecule has 0 aliphatic heterocycles. The molecule has 0 bridgehead atoms. The van der Waals surface area contributed by atoms with Crippen molar-refractivity contribution in [1.82, 2.24) is 4.98 Å². The topological polar surface area (TPSA) is 15.8 Å². The molecule has 0 radical (unpaired) electrons. The van der Waals surface area contributed by atoms with Crippen LogP contribution in [0.15, 0.2) is 37.9 Å². The highest BCUT2D eigenvalue weighted by Crippen LogP contribution is 2.36. The standard InChI is InChI=1S/C23H23N.C2H6/c1-7-11-18-15(6)19-12-21-17(9-3)22(10-4)24-23(21)13-20(19)14(5)16(18)8-2;1-2/h7-13,24H,2-4H2,1,5-6H3;1-2H3/b11-7-;. The molecule has 1 N–H and O–H groups in total. The number of nitrogens with one attached hydrogen (secondary N) is 1. The highest BCUT2D eigenvalue weighted by Gasteiger charge is 2.14. The van der Waals surface area contributed by atoms with Crippen molar-refractivity contribution in [2.45, 2.75) is 34.6 Å². The summed E-state index contributed by atoms with van der Waals surface area (Å²) in [5.41, 5.74) is 8.23. The van der Waals surface area contributed by atoms with Crippen molar-refractivity contribution < 1.29 is 0 Å². The van der Waals surface area contributed by atoms with Gasteiger partial charge in [0, 0.05) is 22.2 Å². The number of fused-ring (bicyclic) bond motifs is 2. The first-order valence-corrected chi connectivity index (χ1v) is 9.19. The van der Waals surface area contributed by atoms with Crippen LogP contribution in [0.2, 0.25) is 0 Å². The summed E-state index contributed by atoms with van der Waals surface area (Å²) in [6, 6.07) is 4.51. The van der Waals surface area contributed by atoms with Gasteiger partial charge >= 0.3 is 0 Å². The minimum Gasteiger partial charge on any atom is -0.355 e. The van der Waals surface area contributed by atoms with Crippen LogP contribution in [0.3, 0.4) is 0 Å². The summed E-state index contributed by atoms with van der Waals surface area (Å²) in [5.74, 6) is 0. The molecule has 134 valence electrons. The van der Waals surface area contributed by atoms with E-state index in [-0.39, 0.29) is 0 Å². The van der Waals surface area contributed by atoms with E-state index in [0.717, 1.165) is 16.8 Å². The fourth-order valence-corrected chi connectivity index (χ4v) is 3.62. The average Bonchev–Trinajstić information content (AvgIpc) is 3.03. The van der Waals surface area contributed by atoms with Gasteiger partial charge in [-0.3, -0.25) is 0 Å². The van der Waals surface area contributed by atoms with E-state index in [2.05, 4.69) is 62.9 Å². The Balaban J connectivity index is 0.00000117. The number of allylic oxidation sites excluding steroid dienone is 1. The molecule has 1 nitrogen and oxygen atoms in total. The van der Waals surface area contributed by atoms with Gasteiger partial charge in [0.15, 0.2) is 0 Å². The highest BCUT2D eigenvalue weighted by molar-refractivity contribution is 6.06. The van der Waals surface area contributed by atoms with Crippen molar-refractivity contribution in [1.29, 1.82) is 0 Å². The molecule has 1 aromatic heterocycles. The van der Waals surface area contributed by atoms with Gasteiger partial charge in [0.1, 0.15) is 0 Å². The molecule has 0 aliphatic carbocycles. The van der Waals surface area contributed by atoms with Gasteiger partial charge in [-0.15, -0.1) is 0 Å². The minimum atomic E-state index is 1.02. The van der Waals surface area contributed by atoms with Crippen molar-refractivity contribution in [3.05, 3.63) is 71.5 Å². The molecule has 1 heteroatoms. The maximum Gasteiger partial charge on any atom is 0.0471 e. The van der Waals surface area contributed by atoms with E-state index in [0.29, 0.717) is 0 Å². The lowest BCUT2D eigenvalue weighted by Gasteiger charge is -2.15. The van der Waals surface area contributed by atoms with Crippen LogP contribution in [-0.4, -0.2) is 4.98 Å². The molecule has 26 heavy (non-hydrogen) atoms. The zero-order chi connectivity index (χ0) is 19.4. The van der Waals surface area contributed by atoms with Gasteiger partial charge in [0.05, 0.1) is 0 Å². The van der Waals surface area contributed by atoms with E-state index in [1.165, 1.54) is 38.4 Å². The predicted molar refractivity (Wildman–Crippen MR) is 122 cm³/mol. The molecular weight excluding hydrogens is 314 g/mol. The summed E-state index contributed by atoms with van der Waals surface area (Å²) >= 11 is 0. The summed E-state index contributed by atoms with van der Waals surface area (Å²) < 4.78 is 0. The van der Waals surface area contributed by atoms with Crippen molar-refractivity contribution in [2.24, 2.45) is 0 Å². The Morgan fingerprint density at radius 2 is 1.35 bits per heavy atom. The summed E-state index contributed by atoms with van der Waals surface area (Å²) in [5, 5.41) is 3.72. The van der Waals surface area contributed by atoms with Crippen molar-refractivity contribution in [3.63, 3.8) is 0 Å². The van der Waals surface area contributed by atoms with Crippen LogP contribution < -0.4 is 0 Å². The third-order valence-corrected chi connectivity index (χ3v) is 4.86. The van der Waals surface area contributed by atoms with E-state index in [1.54, 1.807) is 0 Å². The molecule has 0 fully saturated rings. The molecular formula is C25H29N. The summed E-state index contributed by atoms with van der Waals surface area (Å²) in [6.45, 7) is 22.3. The van der Waals surface area contributed by atoms with Gasteiger partial charge in [0.25, 0.3) is 0 Å². The molecule has 3 aromatic rings. The number of hydrogen-bond donors (Lipinski definition) is 1. The van der Waals surface area contributed by atoms with Gasteiger partial charge < -0.3 is 4.98 Å². The summed E-state index contributed by atoms with van der Waals surface area (Å²) in [6.07, 6.45) is 9.96. The van der Waals surface area contributed by atoms with E-state index in [4.69, 9.17) is 0 Å². The highest BCUT2D eigenvalue weighted by atomic mass is 14.7. The molecule has 0 saturated heterocycles. The van der Waals surface area contributed by atoms with E-state index in [9.17, 15) is 0 Å². The second-order valence-corrected chi connectivity index (χ2v) is 6.09. The normalized spacial score (nSPS) is 10.8. The van der Waals surface area contributed by atoms with Crippen molar-refractivity contribution in [2.75, 3.05) is 0 Å². The minimum absolute atomic E-state index is 1.02. The molecule has 0 saturated carbocycles. The van der Waals surface area contributed by atoms with Crippen molar-refractivity contribution >= 4 is 46.0 Å². The number of benzene rings is 2. The van der Waals surface area contributed by atoms with Gasteiger partial charge in [-0.25, -0.2) is 0 Å². The van der Waals surface area contributed by atoms with Crippen LogP contribution in [0, 0.1) is 13.8 Å². The molecule has 0 aliphatic rings. The Hall–Kier alpha value is -2.80. The first-order valence-electron chi connectivity index (χ1n) is 9.19. The number of aromatic nitrogens is 1. The lowest BCUT2D eigenvalue weighted by molar-refractivity contribution is 1.40. The maximum absolute atomic E-state index is 4.02. The van der Waals surface area contributed by atoms with Crippen molar-refractivity contribution in [3.8, 4) is 0 Å². The lowest BCUT2D eigenvalue weighted by Crippen LogP contribution is -1.94. The van der Waals surface area contributed by atoms with Gasteiger partial charge in [0.2, 0.25) is 0 Å². The number of rotatable bonds is 4. The Morgan fingerprint density at radius 3 is 1.88 bits per heavy atom. The molecule has 1 heterocycles. The van der Waals surface area contributed by atoms with Crippen LogP contribution in [0.1, 0.15) is 54.3 Å². The predicted octanol–water partition coefficient (Wildman–Crippen LogP) is 7.93. The van der Waals surface area contributed by atoms with Crippen LogP contribution in [0.5, 0.6) is 0 Å². The zero-order valence-electron chi connectivity index (χ0n) is 16.7. The second-order valence-electron chi connectivity index (χ2n) is 6.09. The zero-order valence-corrected chi connectivity index (χ0v) is 16.7. The smallest absolute Gasteiger partial charge is 0.0471 e. The number of H-pyrrole nitrogens is 1. The van der Waals surface area contributed by atoms with Crippen LogP contribution >= 0.6 is 0 Å². The Labute approximate surface area is 157 Å². The van der Waals surface area contributed by atoms with E-state index >= 15 is 0 Å². The third-order valence-electron chi connectivity index (χ3n) is 4.86. The molecule has 0 spiro atoms. The number of aryl methyl sites for hydroxylation is 2. The summed E-state index contributed by atoms with van der Waals surface area (Å²) in [4.78, 5) is 3.45. The first-order chi connectivity index (χ1) is 12.6. The Morgan fingerprint density at radius 1 is 0.769 bits per heavy atom. The lowest BCUT2D eigenvalue weighted by atomic mass is 9.89. The number of hydrogen-bond acceptors (Lipinski definition) is 0.